The van der Waals surface area contributed by atoms with Gasteiger partial charge in [0.15, 0.2) is 0 Å². The summed E-state index contributed by atoms with van der Waals surface area (Å²) in [4.78, 5) is 0. The maximum atomic E-state index is 13.4. The summed E-state index contributed by atoms with van der Waals surface area (Å²) in [7, 11) is -23.0. The van der Waals surface area contributed by atoms with Crippen LogP contribution in [0.15, 0.2) is 0 Å². The summed E-state index contributed by atoms with van der Waals surface area (Å²) in [6.07, 6.45) is 7.44. The smallest absolute Gasteiger partial charge is 1.00 e. The molecule has 9 fully saturated rings. The molecule has 12 N–H and O–H groups in total. The second-order valence-electron chi connectivity index (χ2n) is 18.1. The summed E-state index contributed by atoms with van der Waals surface area (Å²) < 4.78 is 149. The zero-order chi connectivity index (χ0) is 39.7. The molecule has 8 bridgehead atoms. The first-order chi connectivity index (χ1) is 26.3. The molecular weight excluding hydrogens is 1100 g/mol. The van der Waals surface area contributed by atoms with E-state index in [9.17, 15) is 51.9 Å². The molecule has 0 aromatic rings. The third-order valence-corrected chi connectivity index (χ3v) is 21.0. The van der Waals surface area contributed by atoms with Gasteiger partial charge in [-0.25, -0.2) is 0 Å². The van der Waals surface area contributed by atoms with Gasteiger partial charge >= 0.3 is 118 Å². The van der Waals surface area contributed by atoms with E-state index >= 15 is 0 Å². The van der Waals surface area contributed by atoms with Gasteiger partial charge in [0.05, 0.1) is 49.3 Å². The second kappa shape index (κ2) is 21.8. The Hall–Kier alpha value is 4.01. The Labute approximate surface area is 468 Å². The fourth-order valence-corrected chi connectivity index (χ4v) is 20.7. The van der Waals surface area contributed by atoms with Crippen LogP contribution in [-0.4, -0.2) is 122 Å². The zero-order valence-electron chi connectivity index (χ0n) is 39.0. The van der Waals surface area contributed by atoms with Crippen LogP contribution in [0.2, 0.25) is 0 Å². The molecule has 9 aliphatic rings. The van der Waals surface area contributed by atoms with E-state index in [2.05, 4.69) is 42.5 Å². The molecule has 20 nitrogen and oxygen atoms in total. The van der Waals surface area contributed by atoms with Crippen molar-refractivity contribution in [1.29, 1.82) is 0 Å². The van der Waals surface area contributed by atoms with Gasteiger partial charge in [-0.1, -0.05) is 38.5 Å². The van der Waals surface area contributed by atoms with Crippen LogP contribution in [-0.2, 0) is 61.5 Å². The third-order valence-electron chi connectivity index (χ3n) is 15.4. The van der Waals surface area contributed by atoms with Gasteiger partial charge in [0.1, 0.15) is 21.0 Å². The molecule has 29 heteroatoms. The van der Waals surface area contributed by atoms with Crippen molar-refractivity contribution in [3.05, 3.63) is 0 Å². The predicted octanol–water partition coefficient (Wildman–Crippen LogP) is -13.5. The van der Waals surface area contributed by atoms with Crippen LogP contribution in [0.5, 0.6) is 0 Å². The monoisotopic (exact) mass is 1160 g/mol. The van der Waals surface area contributed by atoms with Crippen molar-refractivity contribution in [2.75, 3.05) is 0 Å². The van der Waals surface area contributed by atoms with Gasteiger partial charge in [-0.15, -0.1) is 0 Å². The van der Waals surface area contributed by atoms with E-state index in [1.807, 2.05) is 0 Å². The van der Waals surface area contributed by atoms with Crippen molar-refractivity contribution >= 4 is 40.5 Å². The number of nitrogens with one attached hydrogen (secondary N) is 8. The molecule has 61 heavy (non-hydrogen) atoms. The summed E-state index contributed by atoms with van der Waals surface area (Å²) in [5, 5.41) is 17.7. The third kappa shape index (κ3) is 11.1. The van der Waals surface area contributed by atoms with E-state index in [0.717, 1.165) is 77.0 Å². The molecule has 0 amide bonds. The molecule has 0 aromatic heterocycles. The van der Waals surface area contributed by atoms with Crippen LogP contribution in [0.25, 0.3) is 0 Å². The van der Waals surface area contributed by atoms with Crippen molar-refractivity contribution in [1.82, 2.24) is 42.5 Å². The Bertz CT molecular complexity index is 1890. The summed E-state index contributed by atoms with van der Waals surface area (Å²) in [6.45, 7) is 0. The molecule has 9 rings (SSSR count). The molecule has 5 saturated heterocycles. The molecule has 0 aromatic carbocycles. The Kier molecular flexibility index (Phi) is 20.6. The molecule has 0 radical (unpaired) electrons. The number of hydrogen-bond acceptors (Lipinski definition) is 16. The predicted molar refractivity (Wildman–Crippen MR) is 205 cm³/mol. The molecule has 20 atom stereocenters. The van der Waals surface area contributed by atoms with E-state index in [4.69, 9.17) is 0 Å². The Morgan fingerprint density at radius 1 is 0.311 bits per heavy atom. The summed E-state index contributed by atoms with van der Waals surface area (Å²) in [6, 6.07) is 0. The SMILES string of the molecule is O=S(=O)(O)C1C2C3NC4NC(NC5NC(NC6NC(NC(N3)C2C(S(=O)(=O)O)C(S(=O)(=O)O)C1S(=O)(=O)O)C1CCCCC61)C1CCCCC51)C1CCCCC41.[H-].[H-].[H-].[H-].[Na+].[Na+].[Na+].[Na+].[Pt]. The topological polar surface area (TPSA) is 314 Å². The van der Waals surface area contributed by atoms with Gasteiger partial charge < -0.3 is 5.71 Å². The van der Waals surface area contributed by atoms with Crippen molar-refractivity contribution in [3.8, 4) is 0 Å². The molecule has 4 aliphatic carbocycles. The normalized spacial score (nSPS) is 46.9. The van der Waals surface area contributed by atoms with Crippen molar-refractivity contribution in [3.63, 3.8) is 0 Å². The minimum Gasteiger partial charge on any atom is -1.00 e. The first-order valence-electron chi connectivity index (χ1n) is 20.2. The van der Waals surface area contributed by atoms with Gasteiger partial charge in [-0.05, 0) is 74.0 Å². The second-order valence-corrected chi connectivity index (χ2v) is 24.4. The molecular formula is C32H60N8Na4O12PtS4. The number of rotatable bonds is 4. The van der Waals surface area contributed by atoms with E-state index in [0.29, 0.717) is 11.8 Å². The minimum atomic E-state index is -5.87. The largest absolute Gasteiger partial charge is 1.00 e. The molecule has 0 spiro atoms. The summed E-state index contributed by atoms with van der Waals surface area (Å²) >= 11 is 0. The Balaban J connectivity index is 0.00000455. The van der Waals surface area contributed by atoms with E-state index in [1.54, 1.807) is 0 Å². The van der Waals surface area contributed by atoms with E-state index < -0.39 is 98.0 Å². The van der Waals surface area contributed by atoms with E-state index in [-0.39, 0.29) is 193 Å². The maximum absolute atomic E-state index is 13.4. The summed E-state index contributed by atoms with van der Waals surface area (Å²) in [5.74, 6) is -2.57. The van der Waals surface area contributed by atoms with Gasteiger partial charge in [0, 0.05) is 32.9 Å². The molecule has 5 aliphatic heterocycles. The Morgan fingerprint density at radius 2 is 0.475 bits per heavy atom. The number of hydrogen-bond donors (Lipinski definition) is 12. The fourth-order valence-electron chi connectivity index (χ4n) is 13.4. The first kappa shape index (κ1) is 57.6. The van der Waals surface area contributed by atoms with Crippen LogP contribution >= 0.6 is 0 Å². The van der Waals surface area contributed by atoms with Crippen LogP contribution in [0.3, 0.4) is 0 Å². The first-order valence-corrected chi connectivity index (χ1v) is 26.3. The van der Waals surface area contributed by atoms with Crippen LogP contribution in [0.4, 0.5) is 0 Å². The van der Waals surface area contributed by atoms with Crippen LogP contribution in [0.1, 0.15) is 82.8 Å². The molecule has 20 unspecified atom stereocenters. The van der Waals surface area contributed by atoms with Gasteiger partial charge in [-0.2, -0.15) is 33.7 Å². The average Bonchev–Trinajstić information content (AvgIpc) is 3.84. The minimum absolute atomic E-state index is 0. The quantitative estimate of drug-likeness (QED) is 0.0919. The molecule has 4 saturated carbocycles. The fraction of sp³-hybridized carbons (Fsp3) is 1.00. The van der Waals surface area contributed by atoms with Gasteiger partial charge in [-0.3, -0.25) is 60.7 Å². The molecule has 338 valence electrons. The number of fused-ring (bicyclic) bond motifs is 20. The van der Waals surface area contributed by atoms with Crippen molar-refractivity contribution in [2.24, 2.45) is 47.3 Å². The van der Waals surface area contributed by atoms with Gasteiger partial charge in [0.25, 0.3) is 40.5 Å². The molecule has 5 heterocycles. The summed E-state index contributed by atoms with van der Waals surface area (Å²) in [5.41, 5.74) is 0. The van der Waals surface area contributed by atoms with E-state index in [1.165, 1.54) is 0 Å². The van der Waals surface area contributed by atoms with Crippen LogP contribution in [0, 0.1) is 47.3 Å². The Morgan fingerprint density at radius 3 is 0.656 bits per heavy atom. The average molecular weight is 1160 g/mol. The standard InChI is InChI=1S/C32H56N8O12S4.4Na.Pt.4H/c41-53(42,43)21-19-20(22(54(44,45)46)24(56(50,51)52)23(21)55(47,48)49)32-39-30-18-12-6-4-10-16(18)28(37-30)35-26-14-8-2-1-7-13(14)25(33-26)34-27-15-9-3-5-11-17(15)29(36-27)38-31(19)40-32;;;;;;;;;/h13-40H,1-12H2,(H,41,42,43)(H,44,45,46)(H,47,48,49)(H,50,51,52);;;;;;;;;/q;4*+1;;4*-1. The maximum Gasteiger partial charge on any atom is 1.00 e. The van der Waals surface area contributed by atoms with Crippen LogP contribution < -0.4 is 161 Å². The van der Waals surface area contributed by atoms with Gasteiger partial charge in [0.2, 0.25) is 0 Å². The zero-order valence-corrected chi connectivity index (χ0v) is 48.6. The van der Waals surface area contributed by atoms with Crippen molar-refractivity contribution in [2.45, 2.75) is 147 Å². The van der Waals surface area contributed by atoms with Crippen molar-refractivity contribution < 1.29 is 197 Å².